The molecule has 19 heavy (non-hydrogen) atoms. The molecule has 0 unspecified atom stereocenters. The number of amides is 2. The summed E-state index contributed by atoms with van der Waals surface area (Å²) in [5.41, 5.74) is 5.67. The lowest BCUT2D eigenvalue weighted by Gasteiger charge is -2.05. The van der Waals surface area contributed by atoms with Crippen LogP contribution in [0.1, 0.15) is 26.7 Å². The minimum absolute atomic E-state index is 0.124. The van der Waals surface area contributed by atoms with Crippen LogP contribution in [-0.2, 0) is 0 Å². The first kappa shape index (κ1) is 13.2. The van der Waals surface area contributed by atoms with Gasteiger partial charge in [0.2, 0.25) is 0 Å². The molecular formula is C11H10BrN5O2. The summed E-state index contributed by atoms with van der Waals surface area (Å²) in [5, 5.41) is 0. The van der Waals surface area contributed by atoms with Gasteiger partial charge in [-0.2, -0.15) is 0 Å². The number of nitrogens with one attached hydrogen (secondary N) is 3. The molecule has 0 aromatic carbocycles. The van der Waals surface area contributed by atoms with Gasteiger partial charge in [-0.05, 0) is 28.9 Å². The third-order valence-corrected chi connectivity index (χ3v) is 2.65. The van der Waals surface area contributed by atoms with E-state index in [0.717, 1.165) is 4.47 Å². The van der Waals surface area contributed by atoms with Gasteiger partial charge in [0.15, 0.2) is 0 Å². The number of aromatic amines is 1. The van der Waals surface area contributed by atoms with Gasteiger partial charge in [-0.15, -0.1) is 0 Å². The summed E-state index contributed by atoms with van der Waals surface area (Å²) in [5.74, 6) is -0.995. The van der Waals surface area contributed by atoms with Crippen LogP contribution in [0.3, 0.4) is 0 Å². The number of aromatic nitrogens is 3. The summed E-state index contributed by atoms with van der Waals surface area (Å²) in [6.45, 7) is 1.76. The Kier molecular flexibility index (Phi) is 3.91. The Morgan fingerprint density at radius 1 is 1.21 bits per heavy atom. The molecule has 0 radical (unpaired) electrons. The predicted octanol–water partition coefficient (Wildman–Crippen LogP) is 0.950. The molecule has 7 nitrogen and oxygen atoms in total. The van der Waals surface area contributed by atoms with Crippen LogP contribution >= 0.6 is 15.9 Å². The Labute approximate surface area is 116 Å². The Bertz CT molecular complexity index is 608. The zero-order valence-corrected chi connectivity index (χ0v) is 11.5. The average molecular weight is 324 g/mol. The van der Waals surface area contributed by atoms with Crippen LogP contribution in [0.2, 0.25) is 0 Å². The number of rotatable bonds is 2. The monoisotopic (exact) mass is 323 g/mol. The Morgan fingerprint density at radius 3 is 2.53 bits per heavy atom. The second-order valence-electron chi connectivity index (χ2n) is 3.68. The molecule has 2 amide bonds. The minimum Gasteiger partial charge on any atom is -0.356 e. The van der Waals surface area contributed by atoms with Gasteiger partial charge in [0.05, 0.1) is 11.9 Å². The summed E-state index contributed by atoms with van der Waals surface area (Å²) in [4.78, 5) is 33.9. The molecule has 2 heterocycles. The van der Waals surface area contributed by atoms with Crippen molar-refractivity contribution >= 4 is 27.7 Å². The van der Waals surface area contributed by atoms with Gasteiger partial charge in [0, 0.05) is 16.9 Å². The Morgan fingerprint density at radius 2 is 1.95 bits per heavy atom. The highest BCUT2D eigenvalue weighted by molar-refractivity contribution is 9.10. The van der Waals surface area contributed by atoms with Crippen LogP contribution in [0.4, 0.5) is 0 Å². The number of nitrogens with zero attached hydrogens (tertiary/aromatic N) is 2. The third-order valence-electron chi connectivity index (χ3n) is 2.20. The molecule has 0 fully saturated rings. The van der Waals surface area contributed by atoms with E-state index in [9.17, 15) is 9.59 Å². The van der Waals surface area contributed by atoms with E-state index in [0.29, 0.717) is 11.4 Å². The van der Waals surface area contributed by atoms with Crippen LogP contribution in [-0.4, -0.2) is 26.8 Å². The van der Waals surface area contributed by atoms with Crippen molar-refractivity contribution in [1.29, 1.82) is 0 Å². The molecule has 0 saturated heterocycles. The van der Waals surface area contributed by atoms with Crippen molar-refractivity contribution in [3.63, 3.8) is 0 Å². The molecule has 2 rings (SSSR count). The second-order valence-corrected chi connectivity index (χ2v) is 4.60. The normalized spacial score (nSPS) is 10.0. The van der Waals surface area contributed by atoms with E-state index in [2.05, 4.69) is 41.7 Å². The molecule has 0 aliphatic heterocycles. The topological polar surface area (TPSA) is 99.8 Å². The molecular weight excluding hydrogens is 314 g/mol. The molecule has 0 spiro atoms. The molecule has 8 heteroatoms. The SMILES string of the molecule is Cc1cnc(C(=O)NNC(=O)c2cc(Br)c[nH]2)cn1. The summed E-state index contributed by atoms with van der Waals surface area (Å²) in [6, 6.07) is 1.59. The lowest BCUT2D eigenvalue weighted by Crippen LogP contribution is -2.42. The maximum atomic E-state index is 11.6. The molecule has 3 N–H and O–H groups in total. The molecule has 0 atom stereocenters. The van der Waals surface area contributed by atoms with Gasteiger partial charge < -0.3 is 4.98 Å². The fourth-order valence-corrected chi connectivity index (χ4v) is 1.60. The number of carbonyl (C=O) groups excluding carboxylic acids is 2. The molecule has 98 valence electrons. The number of hydrogen-bond acceptors (Lipinski definition) is 4. The molecule has 2 aromatic rings. The molecule has 0 saturated carbocycles. The van der Waals surface area contributed by atoms with E-state index in [1.807, 2.05) is 0 Å². The number of H-pyrrole nitrogens is 1. The number of hydrogen-bond donors (Lipinski definition) is 3. The highest BCUT2D eigenvalue weighted by atomic mass is 79.9. The number of hydrazine groups is 1. The van der Waals surface area contributed by atoms with Crippen molar-refractivity contribution in [2.24, 2.45) is 0 Å². The fraction of sp³-hybridized carbons (Fsp3) is 0.0909. The number of aryl methyl sites for hydroxylation is 1. The van der Waals surface area contributed by atoms with E-state index in [-0.39, 0.29) is 5.69 Å². The predicted molar refractivity (Wildman–Crippen MR) is 70.2 cm³/mol. The van der Waals surface area contributed by atoms with E-state index < -0.39 is 11.8 Å². The third kappa shape index (κ3) is 3.38. The lowest BCUT2D eigenvalue weighted by molar-refractivity contribution is 0.0841. The van der Waals surface area contributed by atoms with Gasteiger partial charge in [0.1, 0.15) is 11.4 Å². The second kappa shape index (κ2) is 5.61. The smallest absolute Gasteiger partial charge is 0.289 e. The number of halogens is 1. The van der Waals surface area contributed by atoms with Gasteiger partial charge in [-0.1, -0.05) is 0 Å². The minimum atomic E-state index is -0.536. The van der Waals surface area contributed by atoms with Gasteiger partial charge >= 0.3 is 0 Å². The fourth-order valence-electron chi connectivity index (χ4n) is 1.25. The van der Waals surface area contributed by atoms with E-state index in [4.69, 9.17) is 0 Å². The van der Waals surface area contributed by atoms with Crippen molar-refractivity contribution in [3.8, 4) is 0 Å². The first-order chi connectivity index (χ1) is 9.06. The van der Waals surface area contributed by atoms with Crippen molar-refractivity contribution < 1.29 is 9.59 Å². The standard InChI is InChI=1S/C11H10BrN5O2/c1-6-3-14-9(5-13-6)11(19)17-16-10(18)8-2-7(12)4-15-8/h2-5,15H,1H3,(H,16,18)(H,17,19). The van der Waals surface area contributed by atoms with E-state index in [1.54, 1.807) is 19.2 Å². The maximum Gasteiger partial charge on any atom is 0.289 e. The first-order valence-electron chi connectivity index (χ1n) is 5.29. The zero-order chi connectivity index (χ0) is 13.8. The van der Waals surface area contributed by atoms with Gasteiger partial charge in [-0.25, -0.2) is 4.98 Å². The highest BCUT2D eigenvalue weighted by Crippen LogP contribution is 2.09. The molecule has 0 aliphatic carbocycles. The van der Waals surface area contributed by atoms with Crippen LogP contribution in [0, 0.1) is 6.92 Å². The highest BCUT2D eigenvalue weighted by Gasteiger charge is 2.11. The van der Waals surface area contributed by atoms with Gasteiger partial charge in [0.25, 0.3) is 11.8 Å². The summed E-state index contributed by atoms with van der Waals surface area (Å²) in [6.07, 6.45) is 4.42. The van der Waals surface area contributed by atoms with Crippen molar-refractivity contribution in [3.05, 3.63) is 46.2 Å². The zero-order valence-electron chi connectivity index (χ0n) is 9.90. The Hall–Kier alpha value is -2.22. The molecule has 2 aromatic heterocycles. The van der Waals surface area contributed by atoms with Gasteiger partial charge in [-0.3, -0.25) is 25.4 Å². The van der Waals surface area contributed by atoms with E-state index in [1.165, 1.54) is 12.4 Å². The average Bonchev–Trinajstić information content (AvgIpc) is 2.83. The first-order valence-corrected chi connectivity index (χ1v) is 6.09. The van der Waals surface area contributed by atoms with Crippen molar-refractivity contribution in [2.75, 3.05) is 0 Å². The van der Waals surface area contributed by atoms with Crippen LogP contribution in [0.5, 0.6) is 0 Å². The quantitative estimate of drug-likeness (QED) is 0.716. The van der Waals surface area contributed by atoms with Crippen molar-refractivity contribution in [1.82, 2.24) is 25.8 Å². The number of carbonyl (C=O) groups is 2. The van der Waals surface area contributed by atoms with Crippen LogP contribution < -0.4 is 10.9 Å². The maximum absolute atomic E-state index is 11.6. The molecule has 0 bridgehead atoms. The van der Waals surface area contributed by atoms with Crippen LogP contribution in [0.25, 0.3) is 0 Å². The Balaban J connectivity index is 1.93. The summed E-state index contributed by atoms with van der Waals surface area (Å²) in [7, 11) is 0. The van der Waals surface area contributed by atoms with Crippen LogP contribution in [0.15, 0.2) is 29.1 Å². The largest absolute Gasteiger partial charge is 0.356 e. The summed E-state index contributed by atoms with van der Waals surface area (Å²) >= 11 is 3.21. The summed E-state index contributed by atoms with van der Waals surface area (Å²) < 4.78 is 0.744. The van der Waals surface area contributed by atoms with E-state index >= 15 is 0 Å². The molecule has 0 aliphatic rings. The lowest BCUT2D eigenvalue weighted by atomic mass is 10.4. The van der Waals surface area contributed by atoms with Crippen molar-refractivity contribution in [2.45, 2.75) is 6.92 Å².